The average molecular weight is 440 g/mol. The summed E-state index contributed by atoms with van der Waals surface area (Å²) in [5.74, 6) is 0. The summed E-state index contributed by atoms with van der Waals surface area (Å²) in [6.45, 7) is 3.95. The number of piperidine rings is 1. The second kappa shape index (κ2) is 11.2. The van der Waals surface area contributed by atoms with E-state index in [2.05, 4.69) is 66.0 Å². The summed E-state index contributed by atoms with van der Waals surface area (Å²) in [4.78, 5) is -0.0666. The van der Waals surface area contributed by atoms with Gasteiger partial charge in [-0.15, -0.1) is 0 Å². The van der Waals surface area contributed by atoms with Crippen LogP contribution in [0.25, 0.3) is 0 Å². The third-order valence-electron chi connectivity index (χ3n) is 5.14. The van der Waals surface area contributed by atoms with Gasteiger partial charge < -0.3 is 10.1 Å². The van der Waals surface area contributed by atoms with Crippen LogP contribution < -0.4 is 5.32 Å². The van der Waals surface area contributed by atoms with E-state index in [4.69, 9.17) is 9.29 Å². The highest BCUT2D eigenvalue weighted by molar-refractivity contribution is 7.85. The van der Waals surface area contributed by atoms with Crippen molar-refractivity contribution < 1.29 is 17.7 Å². The lowest BCUT2D eigenvalue weighted by atomic mass is 10.0. The van der Waals surface area contributed by atoms with E-state index >= 15 is 0 Å². The van der Waals surface area contributed by atoms with Crippen LogP contribution in [0.5, 0.6) is 0 Å². The van der Waals surface area contributed by atoms with Gasteiger partial charge in [-0.2, -0.15) is 8.42 Å². The molecular formula is C25H29NO4S. The number of rotatable bonds is 5. The van der Waals surface area contributed by atoms with E-state index in [1.165, 1.54) is 23.3 Å². The molecule has 0 saturated carbocycles. The van der Waals surface area contributed by atoms with Crippen LogP contribution in [0.1, 0.15) is 35.6 Å². The molecule has 0 amide bonds. The van der Waals surface area contributed by atoms with Gasteiger partial charge in [0.1, 0.15) is 6.10 Å². The lowest BCUT2D eigenvalue weighted by Gasteiger charge is -2.28. The van der Waals surface area contributed by atoms with E-state index in [-0.39, 0.29) is 11.0 Å². The Morgan fingerprint density at radius 3 is 1.77 bits per heavy atom. The van der Waals surface area contributed by atoms with Crippen molar-refractivity contribution in [1.82, 2.24) is 5.32 Å². The first-order valence-electron chi connectivity index (χ1n) is 10.4. The van der Waals surface area contributed by atoms with Crippen molar-refractivity contribution in [1.29, 1.82) is 0 Å². The molecule has 0 radical (unpaired) electrons. The van der Waals surface area contributed by atoms with Crippen molar-refractivity contribution in [2.75, 3.05) is 13.1 Å². The number of nitrogens with one attached hydrogen (secondary N) is 1. The lowest BCUT2D eigenvalue weighted by Crippen LogP contribution is -2.33. The molecule has 1 heterocycles. The minimum absolute atomic E-state index is 0.0421. The van der Waals surface area contributed by atoms with Crippen LogP contribution in [0.4, 0.5) is 0 Å². The molecule has 0 spiro atoms. The first-order valence-corrected chi connectivity index (χ1v) is 11.9. The molecule has 4 rings (SSSR count). The highest BCUT2D eigenvalue weighted by atomic mass is 32.2. The Hall–Kier alpha value is -2.51. The topological polar surface area (TPSA) is 75.6 Å². The molecular weight excluding hydrogens is 410 g/mol. The maximum atomic E-state index is 10.5. The molecule has 2 N–H and O–H groups in total. The quantitative estimate of drug-likeness (QED) is 0.559. The van der Waals surface area contributed by atoms with E-state index in [9.17, 15) is 8.42 Å². The zero-order valence-electron chi connectivity index (χ0n) is 17.6. The fourth-order valence-corrected chi connectivity index (χ4v) is 3.92. The van der Waals surface area contributed by atoms with Gasteiger partial charge in [-0.05, 0) is 56.1 Å². The number of benzene rings is 3. The van der Waals surface area contributed by atoms with Crippen LogP contribution in [-0.4, -0.2) is 32.2 Å². The fraction of sp³-hybridized carbons (Fsp3) is 0.280. The monoisotopic (exact) mass is 439 g/mol. The number of ether oxygens (including phenoxy) is 1. The summed E-state index contributed by atoms with van der Waals surface area (Å²) in [5.41, 5.74) is 3.42. The SMILES string of the molecule is Cc1ccc(S(=O)(=O)O)cc1.c1ccc(C(OC2CCNCC2)c2ccccc2)cc1. The van der Waals surface area contributed by atoms with E-state index in [1.807, 2.05) is 6.92 Å². The van der Waals surface area contributed by atoms with Crippen LogP contribution >= 0.6 is 0 Å². The van der Waals surface area contributed by atoms with Crippen molar-refractivity contribution in [3.05, 3.63) is 102 Å². The molecule has 0 aliphatic carbocycles. The Balaban J connectivity index is 0.000000210. The molecule has 1 aliphatic heterocycles. The minimum Gasteiger partial charge on any atom is -0.365 e. The molecule has 1 fully saturated rings. The molecule has 3 aromatic carbocycles. The smallest absolute Gasteiger partial charge is 0.294 e. The predicted octanol–water partition coefficient (Wildman–Crippen LogP) is 4.79. The van der Waals surface area contributed by atoms with Gasteiger partial charge in [-0.3, -0.25) is 4.55 Å². The van der Waals surface area contributed by atoms with Gasteiger partial charge in [0.25, 0.3) is 10.1 Å². The zero-order valence-corrected chi connectivity index (χ0v) is 18.5. The van der Waals surface area contributed by atoms with Crippen LogP contribution in [-0.2, 0) is 14.9 Å². The van der Waals surface area contributed by atoms with E-state index in [0.29, 0.717) is 6.10 Å². The molecule has 0 aromatic heterocycles. The summed E-state index contributed by atoms with van der Waals surface area (Å²) >= 11 is 0. The number of aryl methyl sites for hydroxylation is 1. The lowest BCUT2D eigenvalue weighted by molar-refractivity contribution is -0.00805. The Bertz CT molecular complexity index is 977. The van der Waals surface area contributed by atoms with Crippen LogP contribution in [0.15, 0.2) is 89.8 Å². The highest BCUT2D eigenvalue weighted by Gasteiger charge is 2.21. The molecule has 1 saturated heterocycles. The van der Waals surface area contributed by atoms with Crippen molar-refractivity contribution in [3.63, 3.8) is 0 Å². The first-order chi connectivity index (χ1) is 14.9. The summed E-state index contributed by atoms with van der Waals surface area (Å²) < 4.78 is 36.0. The summed E-state index contributed by atoms with van der Waals surface area (Å²) in [5, 5.41) is 3.39. The van der Waals surface area contributed by atoms with E-state index in [1.54, 1.807) is 12.1 Å². The maximum Gasteiger partial charge on any atom is 0.294 e. The van der Waals surface area contributed by atoms with Crippen molar-refractivity contribution >= 4 is 10.1 Å². The highest BCUT2D eigenvalue weighted by Crippen LogP contribution is 2.29. The van der Waals surface area contributed by atoms with Gasteiger partial charge in [-0.1, -0.05) is 78.4 Å². The van der Waals surface area contributed by atoms with Gasteiger partial charge in [0, 0.05) is 0 Å². The van der Waals surface area contributed by atoms with Crippen molar-refractivity contribution in [2.45, 2.75) is 36.9 Å². The first kappa shape index (κ1) is 23.2. The summed E-state index contributed by atoms with van der Waals surface area (Å²) in [7, 11) is -4.02. The van der Waals surface area contributed by atoms with Gasteiger partial charge in [0.2, 0.25) is 0 Å². The molecule has 0 bridgehead atoms. The summed E-state index contributed by atoms with van der Waals surface area (Å²) in [6.07, 6.45) is 2.58. The third kappa shape index (κ3) is 7.29. The molecule has 6 heteroatoms. The van der Waals surface area contributed by atoms with Crippen molar-refractivity contribution in [2.24, 2.45) is 0 Å². The van der Waals surface area contributed by atoms with Crippen LogP contribution in [0, 0.1) is 6.92 Å². The number of hydrogen-bond acceptors (Lipinski definition) is 4. The normalized spacial score (nSPS) is 14.7. The average Bonchev–Trinajstić information content (AvgIpc) is 2.79. The molecule has 5 nitrogen and oxygen atoms in total. The second-order valence-electron chi connectivity index (χ2n) is 7.57. The van der Waals surface area contributed by atoms with E-state index < -0.39 is 10.1 Å². The molecule has 0 atom stereocenters. The molecule has 164 valence electrons. The molecule has 3 aromatic rings. The second-order valence-corrected chi connectivity index (χ2v) is 9.00. The van der Waals surface area contributed by atoms with Gasteiger partial charge >= 0.3 is 0 Å². The Morgan fingerprint density at radius 2 is 1.32 bits per heavy atom. The fourth-order valence-electron chi connectivity index (χ4n) is 3.44. The van der Waals surface area contributed by atoms with Gasteiger partial charge in [0.05, 0.1) is 11.0 Å². The van der Waals surface area contributed by atoms with Gasteiger partial charge in [-0.25, -0.2) is 0 Å². The Kier molecular flexibility index (Phi) is 8.37. The zero-order chi connectivity index (χ0) is 22.1. The molecule has 31 heavy (non-hydrogen) atoms. The predicted molar refractivity (Wildman–Crippen MR) is 123 cm³/mol. The minimum atomic E-state index is -4.02. The largest absolute Gasteiger partial charge is 0.365 e. The van der Waals surface area contributed by atoms with Gasteiger partial charge in [0.15, 0.2) is 0 Å². The Labute approximate surface area is 184 Å². The van der Waals surface area contributed by atoms with Crippen LogP contribution in [0.3, 0.4) is 0 Å². The Morgan fingerprint density at radius 1 is 0.839 bits per heavy atom. The van der Waals surface area contributed by atoms with Crippen LogP contribution in [0.2, 0.25) is 0 Å². The van der Waals surface area contributed by atoms with Crippen molar-refractivity contribution in [3.8, 4) is 0 Å². The molecule has 0 unspecified atom stereocenters. The standard InChI is InChI=1S/C18H21NO.C7H8O3S/c1-3-7-15(8-4-1)18(16-9-5-2-6-10-16)20-17-11-13-19-14-12-17;1-6-2-4-7(5-3-6)11(8,9)10/h1-10,17-19H,11-14H2;2-5H,1H3,(H,8,9,10). The third-order valence-corrected chi connectivity index (χ3v) is 6.01. The van der Waals surface area contributed by atoms with E-state index in [0.717, 1.165) is 31.5 Å². The number of hydrogen-bond donors (Lipinski definition) is 2. The maximum absolute atomic E-state index is 10.5. The molecule has 1 aliphatic rings. The summed E-state index contributed by atoms with van der Waals surface area (Å²) in [6, 6.07) is 27.0.